The van der Waals surface area contributed by atoms with Gasteiger partial charge in [0.15, 0.2) is 0 Å². The molecular formula is C17H24N2O3. The fourth-order valence-electron chi connectivity index (χ4n) is 3.32. The van der Waals surface area contributed by atoms with Gasteiger partial charge in [0, 0.05) is 32.4 Å². The molecule has 0 radical (unpaired) electrons. The standard InChI is InChI=1S/C17H24N2O3/c1-13(2)22-15-5-3-4-14(18-15)16(20)19-9-6-17(12-19)7-10-21-11-8-17/h3-5,13H,6-12H2,1-2H3. The lowest BCUT2D eigenvalue weighted by Gasteiger charge is -2.33. The van der Waals surface area contributed by atoms with Gasteiger partial charge in [-0.05, 0) is 44.6 Å². The van der Waals surface area contributed by atoms with Gasteiger partial charge >= 0.3 is 0 Å². The maximum absolute atomic E-state index is 12.7. The van der Waals surface area contributed by atoms with Crippen molar-refractivity contribution in [3.05, 3.63) is 23.9 Å². The first-order valence-electron chi connectivity index (χ1n) is 8.09. The zero-order valence-electron chi connectivity index (χ0n) is 13.4. The number of ether oxygens (including phenoxy) is 2. The molecule has 0 aromatic carbocycles. The second kappa shape index (κ2) is 6.24. The first-order valence-corrected chi connectivity index (χ1v) is 8.09. The van der Waals surface area contributed by atoms with E-state index in [0.717, 1.165) is 45.6 Å². The van der Waals surface area contributed by atoms with Crippen molar-refractivity contribution in [3.63, 3.8) is 0 Å². The molecule has 3 rings (SSSR count). The van der Waals surface area contributed by atoms with Gasteiger partial charge < -0.3 is 14.4 Å². The maximum atomic E-state index is 12.7. The van der Waals surface area contributed by atoms with Crippen molar-refractivity contribution < 1.29 is 14.3 Å². The quantitative estimate of drug-likeness (QED) is 0.861. The lowest BCUT2D eigenvalue weighted by molar-refractivity contribution is 0.0190. The number of amides is 1. The van der Waals surface area contributed by atoms with Gasteiger partial charge in [-0.1, -0.05) is 6.07 Å². The normalized spacial score (nSPS) is 20.6. The average Bonchev–Trinajstić information content (AvgIpc) is 2.90. The summed E-state index contributed by atoms with van der Waals surface area (Å²) in [5.74, 6) is 0.526. The summed E-state index contributed by atoms with van der Waals surface area (Å²) >= 11 is 0. The summed E-state index contributed by atoms with van der Waals surface area (Å²) in [6.45, 7) is 7.18. The highest BCUT2D eigenvalue weighted by molar-refractivity contribution is 5.92. The molecule has 0 N–H and O–H groups in total. The molecule has 1 aromatic heterocycles. The number of rotatable bonds is 3. The predicted octanol–water partition coefficient (Wildman–Crippen LogP) is 2.51. The molecule has 5 heteroatoms. The summed E-state index contributed by atoms with van der Waals surface area (Å²) in [6.07, 6.45) is 3.24. The molecule has 1 spiro atoms. The Hall–Kier alpha value is -1.62. The maximum Gasteiger partial charge on any atom is 0.272 e. The van der Waals surface area contributed by atoms with Crippen molar-refractivity contribution in [3.8, 4) is 5.88 Å². The topological polar surface area (TPSA) is 51.7 Å². The van der Waals surface area contributed by atoms with Crippen molar-refractivity contribution in [1.82, 2.24) is 9.88 Å². The molecule has 0 aliphatic carbocycles. The van der Waals surface area contributed by atoms with E-state index in [1.165, 1.54) is 0 Å². The Morgan fingerprint density at radius 3 is 2.82 bits per heavy atom. The van der Waals surface area contributed by atoms with Gasteiger partial charge in [-0.2, -0.15) is 0 Å². The summed E-state index contributed by atoms with van der Waals surface area (Å²) in [7, 11) is 0. The third kappa shape index (κ3) is 3.24. The molecule has 0 bridgehead atoms. The number of likely N-dealkylation sites (tertiary alicyclic amines) is 1. The fourth-order valence-corrected chi connectivity index (χ4v) is 3.32. The predicted molar refractivity (Wildman–Crippen MR) is 83.0 cm³/mol. The zero-order valence-corrected chi connectivity index (χ0v) is 13.4. The number of nitrogens with zero attached hydrogens (tertiary/aromatic N) is 2. The van der Waals surface area contributed by atoms with E-state index >= 15 is 0 Å². The summed E-state index contributed by atoms with van der Waals surface area (Å²) in [6, 6.07) is 5.39. The minimum Gasteiger partial charge on any atom is -0.475 e. The molecule has 1 amide bonds. The van der Waals surface area contributed by atoms with E-state index in [2.05, 4.69) is 4.98 Å². The third-order valence-electron chi connectivity index (χ3n) is 4.58. The Labute approximate surface area is 131 Å². The number of carbonyl (C=O) groups excluding carboxylic acids is 1. The molecule has 0 unspecified atom stereocenters. The van der Waals surface area contributed by atoms with Crippen LogP contribution in [-0.4, -0.2) is 48.2 Å². The highest BCUT2D eigenvalue weighted by Crippen LogP contribution is 2.40. The second-order valence-electron chi connectivity index (χ2n) is 6.62. The Morgan fingerprint density at radius 2 is 2.09 bits per heavy atom. The van der Waals surface area contributed by atoms with Crippen LogP contribution in [0.1, 0.15) is 43.6 Å². The van der Waals surface area contributed by atoms with Crippen LogP contribution < -0.4 is 4.74 Å². The third-order valence-corrected chi connectivity index (χ3v) is 4.58. The lowest BCUT2D eigenvalue weighted by atomic mass is 9.80. The number of hydrogen-bond donors (Lipinski definition) is 0. The number of pyridine rings is 1. The van der Waals surface area contributed by atoms with Gasteiger partial charge in [0.25, 0.3) is 5.91 Å². The first kappa shape index (κ1) is 15.3. The van der Waals surface area contributed by atoms with Gasteiger partial charge in [-0.25, -0.2) is 4.98 Å². The number of carbonyl (C=O) groups is 1. The molecule has 2 aliphatic rings. The van der Waals surface area contributed by atoms with Crippen LogP contribution >= 0.6 is 0 Å². The molecule has 5 nitrogen and oxygen atoms in total. The molecular weight excluding hydrogens is 280 g/mol. The largest absolute Gasteiger partial charge is 0.475 e. The number of aromatic nitrogens is 1. The van der Waals surface area contributed by atoms with Crippen LogP contribution in [0.25, 0.3) is 0 Å². The Morgan fingerprint density at radius 1 is 1.32 bits per heavy atom. The lowest BCUT2D eigenvalue weighted by Crippen LogP contribution is -2.35. The van der Waals surface area contributed by atoms with Crippen LogP contribution in [0.4, 0.5) is 0 Å². The molecule has 0 saturated carbocycles. The Bertz CT molecular complexity index is 538. The molecule has 1 aromatic rings. The van der Waals surface area contributed by atoms with Crippen molar-refractivity contribution in [2.24, 2.45) is 5.41 Å². The van der Waals surface area contributed by atoms with Crippen LogP contribution in [0.5, 0.6) is 5.88 Å². The van der Waals surface area contributed by atoms with Gasteiger partial charge in [0.05, 0.1) is 6.10 Å². The Kier molecular flexibility index (Phi) is 4.34. The smallest absolute Gasteiger partial charge is 0.272 e. The summed E-state index contributed by atoms with van der Waals surface area (Å²) < 4.78 is 11.0. The summed E-state index contributed by atoms with van der Waals surface area (Å²) in [4.78, 5) is 19.0. The van der Waals surface area contributed by atoms with Gasteiger partial charge in [0.1, 0.15) is 5.69 Å². The van der Waals surface area contributed by atoms with Crippen molar-refractivity contribution in [2.45, 2.75) is 39.2 Å². The van der Waals surface area contributed by atoms with Gasteiger partial charge in [-0.3, -0.25) is 4.79 Å². The molecule has 120 valence electrons. The van der Waals surface area contributed by atoms with Crippen LogP contribution in [0.2, 0.25) is 0 Å². The van der Waals surface area contributed by atoms with Crippen LogP contribution in [0, 0.1) is 5.41 Å². The van der Waals surface area contributed by atoms with E-state index in [9.17, 15) is 4.79 Å². The molecule has 2 fully saturated rings. The molecule has 2 saturated heterocycles. The molecule has 22 heavy (non-hydrogen) atoms. The van der Waals surface area contributed by atoms with E-state index in [0.29, 0.717) is 11.6 Å². The highest BCUT2D eigenvalue weighted by atomic mass is 16.5. The van der Waals surface area contributed by atoms with Crippen molar-refractivity contribution in [1.29, 1.82) is 0 Å². The van der Waals surface area contributed by atoms with Gasteiger partial charge in [0.2, 0.25) is 5.88 Å². The SMILES string of the molecule is CC(C)Oc1cccc(C(=O)N2CCC3(CCOCC3)C2)n1. The van der Waals surface area contributed by atoms with Crippen LogP contribution in [0.15, 0.2) is 18.2 Å². The molecule has 0 atom stereocenters. The minimum atomic E-state index is 0.0116. The summed E-state index contributed by atoms with van der Waals surface area (Å²) in [5, 5.41) is 0. The minimum absolute atomic E-state index is 0.0116. The fraction of sp³-hybridized carbons (Fsp3) is 0.647. The monoisotopic (exact) mass is 304 g/mol. The van der Waals surface area contributed by atoms with E-state index in [-0.39, 0.29) is 17.4 Å². The number of hydrogen-bond acceptors (Lipinski definition) is 4. The zero-order chi connectivity index (χ0) is 15.6. The average molecular weight is 304 g/mol. The second-order valence-corrected chi connectivity index (χ2v) is 6.62. The molecule has 3 heterocycles. The van der Waals surface area contributed by atoms with Gasteiger partial charge in [-0.15, -0.1) is 0 Å². The van der Waals surface area contributed by atoms with Crippen LogP contribution in [0.3, 0.4) is 0 Å². The summed E-state index contributed by atoms with van der Waals surface area (Å²) in [5.41, 5.74) is 0.738. The van der Waals surface area contributed by atoms with Crippen molar-refractivity contribution >= 4 is 5.91 Å². The Balaban J connectivity index is 1.69. The van der Waals surface area contributed by atoms with Crippen LogP contribution in [-0.2, 0) is 4.74 Å². The molecule has 2 aliphatic heterocycles. The van der Waals surface area contributed by atoms with E-state index in [1.807, 2.05) is 24.8 Å². The highest BCUT2D eigenvalue weighted by Gasteiger charge is 2.41. The van der Waals surface area contributed by atoms with E-state index in [4.69, 9.17) is 9.47 Å². The van der Waals surface area contributed by atoms with Crippen molar-refractivity contribution in [2.75, 3.05) is 26.3 Å². The van der Waals surface area contributed by atoms with E-state index in [1.54, 1.807) is 12.1 Å². The first-order chi connectivity index (χ1) is 10.6. The van der Waals surface area contributed by atoms with E-state index < -0.39 is 0 Å².